The molecule has 4 rings (SSSR count). The molecular weight excluding hydrogens is 368 g/mol. The number of nitrogens with one attached hydrogen (secondary N) is 2. The number of aromatic amines is 1. The summed E-state index contributed by atoms with van der Waals surface area (Å²) in [6.07, 6.45) is 1.69. The third kappa shape index (κ3) is 3.49. The minimum absolute atomic E-state index is 0.111. The number of H-pyrrole nitrogens is 1. The Kier molecular flexibility index (Phi) is 4.84. The maximum Gasteiger partial charge on any atom is 0.408 e. The van der Waals surface area contributed by atoms with Crippen LogP contribution in [0.3, 0.4) is 0 Å². The minimum atomic E-state index is -1.30. The smallest absolute Gasteiger partial charge is 0.408 e. The predicted octanol–water partition coefficient (Wildman–Crippen LogP) is 3.97. The Morgan fingerprint density at radius 2 is 1.93 bits per heavy atom. The molecule has 6 heteroatoms. The molecule has 29 heavy (non-hydrogen) atoms. The molecule has 3 aromatic rings. The van der Waals surface area contributed by atoms with Crippen LogP contribution in [0, 0.1) is 0 Å². The number of hydrogen-bond acceptors (Lipinski definition) is 4. The lowest BCUT2D eigenvalue weighted by Crippen LogP contribution is -2.56. The van der Waals surface area contributed by atoms with E-state index in [-0.39, 0.29) is 19.4 Å². The Bertz CT molecular complexity index is 1090. The van der Waals surface area contributed by atoms with Crippen molar-refractivity contribution in [1.29, 1.82) is 0 Å². The lowest BCUT2D eigenvalue weighted by molar-refractivity contribution is -0.148. The van der Waals surface area contributed by atoms with Crippen LogP contribution in [0.1, 0.15) is 23.1 Å². The van der Waals surface area contributed by atoms with Gasteiger partial charge in [0.2, 0.25) is 0 Å². The van der Waals surface area contributed by atoms with Crippen LogP contribution in [-0.2, 0) is 27.3 Å². The van der Waals surface area contributed by atoms with Gasteiger partial charge in [-0.1, -0.05) is 49.0 Å². The van der Waals surface area contributed by atoms with E-state index in [0.717, 1.165) is 33.2 Å². The lowest BCUT2D eigenvalue weighted by Gasteiger charge is -2.31. The third-order valence-corrected chi connectivity index (χ3v) is 5.31. The zero-order valence-electron chi connectivity index (χ0n) is 16.2. The van der Waals surface area contributed by atoms with Gasteiger partial charge in [-0.05, 0) is 28.3 Å². The van der Waals surface area contributed by atoms with Gasteiger partial charge in [0.1, 0.15) is 12.1 Å². The highest BCUT2D eigenvalue weighted by Gasteiger charge is 2.44. The third-order valence-electron chi connectivity index (χ3n) is 5.31. The van der Waals surface area contributed by atoms with Crippen molar-refractivity contribution in [2.75, 3.05) is 7.11 Å². The van der Waals surface area contributed by atoms with Crippen molar-refractivity contribution in [2.24, 2.45) is 0 Å². The number of methoxy groups -OCH3 is 1. The van der Waals surface area contributed by atoms with E-state index in [1.54, 1.807) is 0 Å². The van der Waals surface area contributed by atoms with Crippen molar-refractivity contribution >= 4 is 28.5 Å². The van der Waals surface area contributed by atoms with E-state index in [2.05, 4.69) is 16.9 Å². The molecule has 1 heterocycles. The zero-order valence-corrected chi connectivity index (χ0v) is 16.2. The van der Waals surface area contributed by atoms with Crippen LogP contribution in [-0.4, -0.2) is 29.7 Å². The maximum atomic E-state index is 12.8. The Labute approximate surface area is 168 Å². The number of carbonyl (C=O) groups excluding carboxylic acids is 2. The second-order valence-corrected chi connectivity index (χ2v) is 7.26. The Hall–Kier alpha value is -3.54. The van der Waals surface area contributed by atoms with Crippen LogP contribution in [0.2, 0.25) is 0 Å². The van der Waals surface area contributed by atoms with Crippen molar-refractivity contribution in [2.45, 2.75) is 25.0 Å². The van der Waals surface area contributed by atoms with Gasteiger partial charge >= 0.3 is 12.1 Å². The van der Waals surface area contributed by atoms with Crippen LogP contribution in [0.5, 0.6) is 0 Å². The summed E-state index contributed by atoms with van der Waals surface area (Å²) in [5.74, 6) is -0.530. The highest BCUT2D eigenvalue weighted by Crippen LogP contribution is 2.38. The van der Waals surface area contributed by atoms with Crippen molar-refractivity contribution in [3.8, 4) is 0 Å². The second kappa shape index (κ2) is 7.47. The first-order valence-electron chi connectivity index (χ1n) is 9.37. The molecule has 0 bridgehead atoms. The molecule has 148 valence electrons. The fraction of sp³-hybridized carbons (Fsp3) is 0.217. The molecule has 2 aromatic carbocycles. The number of aromatic nitrogens is 1. The van der Waals surface area contributed by atoms with Gasteiger partial charge in [-0.2, -0.15) is 0 Å². The minimum Gasteiger partial charge on any atom is -0.467 e. The van der Waals surface area contributed by atoms with Gasteiger partial charge in [0.05, 0.1) is 7.11 Å². The number of amides is 1. The molecule has 0 aliphatic heterocycles. The highest BCUT2D eigenvalue weighted by molar-refractivity contribution is 5.99. The molecule has 0 radical (unpaired) electrons. The monoisotopic (exact) mass is 390 g/mol. The molecule has 1 unspecified atom stereocenters. The summed E-state index contributed by atoms with van der Waals surface area (Å²) in [5, 5.41) is 3.80. The summed E-state index contributed by atoms with van der Waals surface area (Å²) < 4.78 is 10.4. The first kappa shape index (κ1) is 18.8. The van der Waals surface area contributed by atoms with Crippen molar-refractivity contribution < 1.29 is 19.1 Å². The van der Waals surface area contributed by atoms with Crippen LogP contribution in [0.25, 0.3) is 16.5 Å². The van der Waals surface area contributed by atoms with E-state index in [1.807, 2.05) is 54.7 Å². The van der Waals surface area contributed by atoms with Crippen molar-refractivity contribution in [3.63, 3.8) is 0 Å². The highest BCUT2D eigenvalue weighted by atomic mass is 16.6. The fourth-order valence-corrected chi connectivity index (χ4v) is 3.97. The van der Waals surface area contributed by atoms with Crippen LogP contribution < -0.4 is 5.32 Å². The molecule has 0 saturated carbocycles. The van der Waals surface area contributed by atoms with E-state index < -0.39 is 17.6 Å². The standard InChI is InChI=1S/C23H22N2O4/c1-15-11-23(21(26)28-2,25-22(27)29-14-16-7-4-3-5-8-16)12-17-13-24-19-10-6-9-18(15)20(17)19/h3-10,13,24H,1,11-12,14H2,2H3,(H,25,27). The molecular formula is C23H22N2O4. The topological polar surface area (TPSA) is 80.4 Å². The first-order chi connectivity index (χ1) is 14.0. The predicted molar refractivity (Wildman–Crippen MR) is 110 cm³/mol. The average Bonchev–Trinajstić information content (AvgIpc) is 3.09. The Morgan fingerprint density at radius 1 is 1.14 bits per heavy atom. The SMILES string of the molecule is C=C1CC(NC(=O)OCc2ccccc2)(C(=O)OC)Cc2c[nH]c3cccc1c23. The number of hydrogen-bond donors (Lipinski definition) is 2. The average molecular weight is 390 g/mol. The molecule has 1 aromatic heterocycles. The fourth-order valence-electron chi connectivity index (χ4n) is 3.97. The molecule has 1 aliphatic carbocycles. The summed E-state index contributed by atoms with van der Waals surface area (Å²) in [6, 6.07) is 15.3. The molecule has 0 saturated heterocycles. The molecule has 2 N–H and O–H groups in total. The number of carbonyl (C=O) groups is 2. The van der Waals surface area contributed by atoms with Crippen LogP contribution in [0.15, 0.2) is 61.3 Å². The van der Waals surface area contributed by atoms with Gasteiger partial charge in [-0.25, -0.2) is 9.59 Å². The van der Waals surface area contributed by atoms with E-state index in [0.29, 0.717) is 0 Å². The van der Waals surface area contributed by atoms with Gasteiger partial charge in [0, 0.05) is 29.9 Å². The Morgan fingerprint density at radius 3 is 2.69 bits per heavy atom. The normalized spacial score (nSPS) is 18.2. The molecule has 0 fully saturated rings. The summed E-state index contributed by atoms with van der Waals surface area (Å²) in [5.41, 5.74) is 3.16. The maximum absolute atomic E-state index is 12.8. The molecule has 1 aliphatic rings. The van der Waals surface area contributed by atoms with Crippen LogP contribution >= 0.6 is 0 Å². The van der Waals surface area contributed by atoms with Gasteiger partial charge < -0.3 is 19.8 Å². The van der Waals surface area contributed by atoms with Crippen molar-refractivity contribution in [3.05, 3.63) is 78.0 Å². The number of benzene rings is 2. The largest absolute Gasteiger partial charge is 0.467 e. The Balaban J connectivity index is 1.63. The zero-order chi connectivity index (χ0) is 20.4. The summed E-state index contributed by atoms with van der Waals surface area (Å²) >= 11 is 0. The number of ether oxygens (including phenoxy) is 2. The van der Waals surface area contributed by atoms with Crippen LogP contribution in [0.4, 0.5) is 4.79 Å². The summed E-state index contributed by atoms with van der Waals surface area (Å²) in [4.78, 5) is 28.7. The summed E-state index contributed by atoms with van der Waals surface area (Å²) in [7, 11) is 1.31. The number of esters is 1. The quantitative estimate of drug-likeness (QED) is 0.661. The molecule has 1 amide bonds. The molecule has 0 spiro atoms. The second-order valence-electron chi connectivity index (χ2n) is 7.26. The summed E-state index contributed by atoms with van der Waals surface area (Å²) in [6.45, 7) is 4.29. The van der Waals surface area contributed by atoms with Gasteiger partial charge in [0.25, 0.3) is 0 Å². The number of rotatable bonds is 4. The van der Waals surface area contributed by atoms with Crippen molar-refractivity contribution in [1.82, 2.24) is 10.3 Å². The van der Waals surface area contributed by atoms with E-state index >= 15 is 0 Å². The first-order valence-corrected chi connectivity index (χ1v) is 9.37. The lowest BCUT2D eigenvalue weighted by atomic mass is 9.87. The molecule has 1 atom stereocenters. The van der Waals surface area contributed by atoms with Gasteiger partial charge in [-0.3, -0.25) is 0 Å². The van der Waals surface area contributed by atoms with E-state index in [1.165, 1.54) is 7.11 Å². The van der Waals surface area contributed by atoms with E-state index in [4.69, 9.17) is 9.47 Å². The number of alkyl carbamates (subject to hydrolysis) is 1. The van der Waals surface area contributed by atoms with E-state index in [9.17, 15) is 9.59 Å². The van der Waals surface area contributed by atoms with Gasteiger partial charge in [-0.15, -0.1) is 0 Å². The molecule has 6 nitrogen and oxygen atoms in total. The van der Waals surface area contributed by atoms with Gasteiger partial charge in [0.15, 0.2) is 0 Å².